The number of aromatic nitrogens is 1. The second-order valence-corrected chi connectivity index (χ2v) is 5.84. The van der Waals surface area contributed by atoms with Crippen molar-refractivity contribution in [3.8, 4) is 0 Å². The zero-order valence-corrected chi connectivity index (χ0v) is 10.3. The van der Waals surface area contributed by atoms with Crippen LogP contribution >= 0.6 is 11.3 Å². The van der Waals surface area contributed by atoms with Crippen molar-refractivity contribution in [3.63, 3.8) is 0 Å². The molecule has 0 radical (unpaired) electrons. The van der Waals surface area contributed by atoms with Gasteiger partial charge in [0, 0.05) is 12.6 Å². The SMILES string of the molecule is CC1CC(NCc2nc3ccccc3s2)C1. The van der Waals surface area contributed by atoms with Crippen LogP contribution in [0.4, 0.5) is 0 Å². The molecule has 0 saturated heterocycles. The summed E-state index contributed by atoms with van der Waals surface area (Å²) in [5.74, 6) is 0.910. The smallest absolute Gasteiger partial charge is 0.108 e. The molecule has 16 heavy (non-hydrogen) atoms. The maximum Gasteiger partial charge on any atom is 0.108 e. The van der Waals surface area contributed by atoms with Crippen LogP contribution < -0.4 is 5.32 Å². The maximum atomic E-state index is 4.62. The van der Waals surface area contributed by atoms with Crippen LogP contribution in [-0.4, -0.2) is 11.0 Å². The standard InChI is InChI=1S/C13H16N2S/c1-9-6-10(7-9)14-8-13-15-11-4-2-3-5-12(11)16-13/h2-5,9-10,14H,6-8H2,1H3. The van der Waals surface area contributed by atoms with E-state index in [0.29, 0.717) is 0 Å². The molecule has 1 aromatic heterocycles. The molecule has 1 heterocycles. The lowest BCUT2D eigenvalue weighted by atomic mass is 9.82. The van der Waals surface area contributed by atoms with Gasteiger partial charge in [-0.25, -0.2) is 4.98 Å². The fourth-order valence-corrected chi connectivity index (χ4v) is 3.21. The molecule has 1 aromatic carbocycles. The Hall–Kier alpha value is -0.930. The normalized spacial score (nSPS) is 24.6. The van der Waals surface area contributed by atoms with Crippen LogP contribution in [0.25, 0.3) is 10.2 Å². The summed E-state index contributed by atoms with van der Waals surface area (Å²) < 4.78 is 1.29. The predicted octanol–water partition coefficient (Wildman–Crippen LogP) is 3.18. The first-order chi connectivity index (χ1) is 7.81. The minimum Gasteiger partial charge on any atom is -0.308 e. The molecule has 0 spiro atoms. The quantitative estimate of drug-likeness (QED) is 0.879. The zero-order valence-electron chi connectivity index (χ0n) is 9.44. The van der Waals surface area contributed by atoms with E-state index in [1.165, 1.54) is 22.5 Å². The average molecular weight is 232 g/mol. The van der Waals surface area contributed by atoms with Gasteiger partial charge in [0.2, 0.25) is 0 Å². The van der Waals surface area contributed by atoms with Crippen molar-refractivity contribution in [2.75, 3.05) is 0 Å². The Labute approximate surface area is 99.7 Å². The summed E-state index contributed by atoms with van der Waals surface area (Å²) in [6.07, 6.45) is 2.65. The predicted molar refractivity (Wildman–Crippen MR) is 68.6 cm³/mol. The van der Waals surface area contributed by atoms with Crippen LogP contribution in [0.1, 0.15) is 24.8 Å². The van der Waals surface area contributed by atoms with Crippen molar-refractivity contribution >= 4 is 21.6 Å². The van der Waals surface area contributed by atoms with Gasteiger partial charge in [0.15, 0.2) is 0 Å². The van der Waals surface area contributed by atoms with E-state index in [0.717, 1.165) is 24.0 Å². The summed E-state index contributed by atoms with van der Waals surface area (Å²) >= 11 is 1.80. The Morgan fingerprint density at radius 1 is 1.38 bits per heavy atom. The van der Waals surface area contributed by atoms with Crippen LogP contribution in [0, 0.1) is 5.92 Å². The van der Waals surface area contributed by atoms with E-state index in [1.807, 2.05) is 6.07 Å². The lowest BCUT2D eigenvalue weighted by molar-refractivity contribution is 0.240. The molecule has 1 fully saturated rings. The second kappa shape index (κ2) is 4.15. The topological polar surface area (TPSA) is 24.9 Å². The van der Waals surface area contributed by atoms with E-state index >= 15 is 0 Å². The molecule has 1 aliphatic rings. The van der Waals surface area contributed by atoms with E-state index < -0.39 is 0 Å². The number of hydrogen-bond donors (Lipinski definition) is 1. The van der Waals surface area contributed by atoms with Gasteiger partial charge in [0.1, 0.15) is 5.01 Å². The van der Waals surface area contributed by atoms with Crippen molar-refractivity contribution in [1.29, 1.82) is 0 Å². The first kappa shape index (κ1) is 10.2. The largest absolute Gasteiger partial charge is 0.308 e. The van der Waals surface area contributed by atoms with Crippen molar-refractivity contribution in [1.82, 2.24) is 10.3 Å². The monoisotopic (exact) mass is 232 g/mol. The van der Waals surface area contributed by atoms with Crippen LogP contribution in [0.2, 0.25) is 0 Å². The zero-order chi connectivity index (χ0) is 11.0. The number of benzene rings is 1. The lowest BCUT2D eigenvalue weighted by Crippen LogP contribution is -2.39. The van der Waals surface area contributed by atoms with Crippen molar-refractivity contribution in [3.05, 3.63) is 29.3 Å². The van der Waals surface area contributed by atoms with Gasteiger partial charge in [-0.3, -0.25) is 0 Å². The maximum absolute atomic E-state index is 4.62. The fourth-order valence-electron chi connectivity index (χ4n) is 2.30. The molecule has 0 amide bonds. The highest BCUT2D eigenvalue weighted by molar-refractivity contribution is 7.18. The summed E-state index contributed by atoms with van der Waals surface area (Å²) in [6, 6.07) is 9.07. The first-order valence-corrected chi connectivity index (χ1v) is 6.71. The minimum absolute atomic E-state index is 0.724. The molecule has 3 rings (SSSR count). The molecular formula is C13H16N2S. The Kier molecular flexibility index (Phi) is 2.65. The van der Waals surface area contributed by atoms with Crippen LogP contribution in [-0.2, 0) is 6.54 Å². The molecule has 2 aromatic rings. The second-order valence-electron chi connectivity index (χ2n) is 4.73. The fraction of sp³-hybridized carbons (Fsp3) is 0.462. The third-order valence-electron chi connectivity index (χ3n) is 3.25. The molecule has 0 atom stereocenters. The minimum atomic E-state index is 0.724. The Morgan fingerprint density at radius 3 is 2.94 bits per heavy atom. The van der Waals surface area contributed by atoms with Gasteiger partial charge < -0.3 is 5.32 Å². The Bertz CT molecular complexity index is 452. The van der Waals surface area contributed by atoms with E-state index in [2.05, 4.69) is 35.4 Å². The van der Waals surface area contributed by atoms with Crippen LogP contribution in [0.5, 0.6) is 0 Å². The molecule has 1 N–H and O–H groups in total. The number of nitrogens with one attached hydrogen (secondary N) is 1. The van der Waals surface area contributed by atoms with E-state index in [9.17, 15) is 0 Å². The van der Waals surface area contributed by atoms with E-state index in [1.54, 1.807) is 11.3 Å². The summed E-state index contributed by atoms with van der Waals surface area (Å²) in [4.78, 5) is 4.62. The van der Waals surface area contributed by atoms with Crippen molar-refractivity contribution < 1.29 is 0 Å². The summed E-state index contributed by atoms with van der Waals surface area (Å²) in [6.45, 7) is 3.24. The molecule has 0 bridgehead atoms. The Morgan fingerprint density at radius 2 is 2.19 bits per heavy atom. The van der Waals surface area contributed by atoms with Gasteiger partial charge in [-0.05, 0) is 30.9 Å². The third-order valence-corrected chi connectivity index (χ3v) is 4.29. The number of para-hydroxylation sites is 1. The number of fused-ring (bicyclic) bond motifs is 1. The molecule has 1 saturated carbocycles. The number of nitrogens with zero attached hydrogens (tertiary/aromatic N) is 1. The van der Waals surface area contributed by atoms with Crippen molar-refractivity contribution in [2.45, 2.75) is 32.4 Å². The summed E-state index contributed by atoms with van der Waals surface area (Å²) in [7, 11) is 0. The highest BCUT2D eigenvalue weighted by Crippen LogP contribution is 2.27. The number of thiazole rings is 1. The average Bonchev–Trinajstić information content (AvgIpc) is 2.65. The molecule has 1 aliphatic carbocycles. The highest BCUT2D eigenvalue weighted by Gasteiger charge is 2.24. The Balaban J connectivity index is 1.65. The highest BCUT2D eigenvalue weighted by atomic mass is 32.1. The summed E-state index contributed by atoms with van der Waals surface area (Å²) in [5, 5.41) is 4.78. The van der Waals surface area contributed by atoms with Crippen molar-refractivity contribution in [2.24, 2.45) is 5.92 Å². The van der Waals surface area contributed by atoms with Gasteiger partial charge in [-0.1, -0.05) is 19.1 Å². The van der Waals surface area contributed by atoms with Gasteiger partial charge in [0.25, 0.3) is 0 Å². The number of rotatable bonds is 3. The molecule has 0 aliphatic heterocycles. The number of hydrogen-bond acceptors (Lipinski definition) is 3. The molecule has 3 heteroatoms. The summed E-state index contributed by atoms with van der Waals surface area (Å²) in [5.41, 5.74) is 1.13. The third kappa shape index (κ3) is 1.97. The molecule has 84 valence electrons. The van der Waals surface area contributed by atoms with Gasteiger partial charge in [-0.15, -0.1) is 11.3 Å². The van der Waals surface area contributed by atoms with E-state index in [4.69, 9.17) is 0 Å². The first-order valence-electron chi connectivity index (χ1n) is 5.89. The van der Waals surface area contributed by atoms with Crippen LogP contribution in [0.15, 0.2) is 24.3 Å². The van der Waals surface area contributed by atoms with E-state index in [-0.39, 0.29) is 0 Å². The van der Waals surface area contributed by atoms with Crippen LogP contribution in [0.3, 0.4) is 0 Å². The molecular weight excluding hydrogens is 216 g/mol. The van der Waals surface area contributed by atoms with Gasteiger partial charge in [-0.2, -0.15) is 0 Å². The van der Waals surface area contributed by atoms with Gasteiger partial charge >= 0.3 is 0 Å². The molecule has 2 nitrogen and oxygen atoms in total. The van der Waals surface area contributed by atoms with Gasteiger partial charge in [0.05, 0.1) is 10.2 Å². The molecule has 0 unspecified atom stereocenters. The lowest BCUT2D eigenvalue weighted by Gasteiger charge is -2.33.